The molecule has 80 valence electrons. The van der Waals surface area contributed by atoms with Crippen LogP contribution in [0.1, 0.15) is 13.3 Å². The molecule has 0 aliphatic carbocycles. The van der Waals surface area contributed by atoms with Crippen molar-refractivity contribution in [2.75, 3.05) is 6.54 Å². The van der Waals surface area contributed by atoms with Gasteiger partial charge in [0.05, 0.1) is 18.8 Å². The molecule has 6 heteroatoms. The van der Waals surface area contributed by atoms with E-state index in [-0.39, 0.29) is 5.91 Å². The summed E-state index contributed by atoms with van der Waals surface area (Å²) in [6, 6.07) is 1.95. The summed E-state index contributed by atoms with van der Waals surface area (Å²) in [6.07, 6.45) is 3.82. The second-order valence-electron chi connectivity index (χ2n) is 3.05. The van der Waals surface area contributed by atoms with E-state index in [0.29, 0.717) is 19.5 Å². The lowest BCUT2D eigenvalue weighted by atomic mass is 10.1. The number of nitrogens with zero attached hydrogens (tertiary/aromatic N) is 4. The summed E-state index contributed by atoms with van der Waals surface area (Å²) in [7, 11) is 0. The summed E-state index contributed by atoms with van der Waals surface area (Å²) in [5.74, 6) is -0.777. The molecule has 0 spiro atoms. The summed E-state index contributed by atoms with van der Waals surface area (Å²) < 4.78 is 1.62. The lowest BCUT2D eigenvalue weighted by Gasteiger charge is -2.07. The Bertz CT molecular complexity index is 340. The molecule has 0 radical (unpaired) electrons. The highest BCUT2D eigenvalue weighted by Gasteiger charge is 2.14. The van der Waals surface area contributed by atoms with Crippen LogP contribution in [0, 0.1) is 17.2 Å². The zero-order valence-corrected chi connectivity index (χ0v) is 8.55. The van der Waals surface area contributed by atoms with Gasteiger partial charge in [-0.2, -0.15) is 5.26 Å². The van der Waals surface area contributed by atoms with Crippen molar-refractivity contribution in [3.8, 4) is 6.07 Å². The zero-order valence-electron chi connectivity index (χ0n) is 8.55. The van der Waals surface area contributed by atoms with E-state index in [9.17, 15) is 4.79 Å². The number of carbonyl (C=O) groups excluding carboxylic acids is 1. The van der Waals surface area contributed by atoms with Crippen molar-refractivity contribution in [1.82, 2.24) is 20.3 Å². The lowest BCUT2D eigenvalue weighted by Crippen LogP contribution is -2.32. The number of carbonyl (C=O) groups is 1. The van der Waals surface area contributed by atoms with Crippen molar-refractivity contribution < 1.29 is 4.79 Å². The molecule has 0 bridgehead atoms. The Morgan fingerprint density at radius 1 is 1.73 bits per heavy atom. The fourth-order valence-corrected chi connectivity index (χ4v) is 1.10. The van der Waals surface area contributed by atoms with Crippen LogP contribution in [0.2, 0.25) is 0 Å². The Hall–Kier alpha value is -1.90. The third-order valence-electron chi connectivity index (χ3n) is 1.99. The third-order valence-corrected chi connectivity index (χ3v) is 1.99. The van der Waals surface area contributed by atoms with Crippen LogP contribution in [0.3, 0.4) is 0 Å². The van der Waals surface area contributed by atoms with Gasteiger partial charge in [-0.05, 0) is 6.42 Å². The van der Waals surface area contributed by atoms with Crippen molar-refractivity contribution >= 4 is 5.91 Å². The van der Waals surface area contributed by atoms with Gasteiger partial charge in [0.1, 0.15) is 5.92 Å². The number of rotatable bonds is 5. The molecule has 6 nitrogen and oxygen atoms in total. The summed E-state index contributed by atoms with van der Waals surface area (Å²) >= 11 is 0. The minimum atomic E-state index is -0.555. The number of aromatic nitrogens is 3. The SMILES string of the molecule is CCC(C#N)C(=O)NCCn1ccnn1. The molecule has 1 rings (SSSR count). The Labute approximate surface area is 87.9 Å². The number of hydrogen-bond donors (Lipinski definition) is 1. The van der Waals surface area contributed by atoms with Gasteiger partial charge in [-0.1, -0.05) is 12.1 Å². The Kier molecular flexibility index (Phi) is 4.29. The Morgan fingerprint density at radius 2 is 2.53 bits per heavy atom. The van der Waals surface area contributed by atoms with Gasteiger partial charge in [0, 0.05) is 12.7 Å². The van der Waals surface area contributed by atoms with Crippen LogP contribution in [0.25, 0.3) is 0 Å². The summed E-state index contributed by atoms with van der Waals surface area (Å²) in [5.41, 5.74) is 0. The molecule has 1 heterocycles. The first-order valence-corrected chi connectivity index (χ1v) is 4.79. The van der Waals surface area contributed by atoms with Gasteiger partial charge in [0.25, 0.3) is 0 Å². The Morgan fingerprint density at radius 3 is 3.07 bits per heavy atom. The number of nitrogens with one attached hydrogen (secondary N) is 1. The minimum absolute atomic E-state index is 0.222. The highest BCUT2D eigenvalue weighted by atomic mass is 16.1. The van der Waals surface area contributed by atoms with E-state index in [0.717, 1.165) is 0 Å². The fourth-order valence-electron chi connectivity index (χ4n) is 1.10. The zero-order chi connectivity index (χ0) is 11.1. The van der Waals surface area contributed by atoms with Gasteiger partial charge in [0.2, 0.25) is 5.91 Å². The van der Waals surface area contributed by atoms with Crippen molar-refractivity contribution in [1.29, 1.82) is 5.26 Å². The molecule has 1 N–H and O–H groups in total. The molecule has 0 saturated heterocycles. The van der Waals surface area contributed by atoms with E-state index >= 15 is 0 Å². The van der Waals surface area contributed by atoms with Crippen LogP contribution in [-0.2, 0) is 11.3 Å². The topological polar surface area (TPSA) is 83.6 Å². The van der Waals surface area contributed by atoms with Crippen LogP contribution in [-0.4, -0.2) is 27.4 Å². The summed E-state index contributed by atoms with van der Waals surface area (Å²) in [4.78, 5) is 11.4. The van der Waals surface area contributed by atoms with E-state index in [1.54, 1.807) is 17.1 Å². The molecular formula is C9H13N5O. The highest BCUT2D eigenvalue weighted by Crippen LogP contribution is 1.99. The molecule has 0 aliphatic rings. The molecule has 1 aromatic heterocycles. The van der Waals surface area contributed by atoms with Crippen molar-refractivity contribution in [2.45, 2.75) is 19.9 Å². The average molecular weight is 207 g/mol. The van der Waals surface area contributed by atoms with Crippen molar-refractivity contribution in [3.63, 3.8) is 0 Å². The van der Waals surface area contributed by atoms with Crippen LogP contribution >= 0.6 is 0 Å². The van der Waals surface area contributed by atoms with Crippen LogP contribution in [0.5, 0.6) is 0 Å². The number of amides is 1. The first-order chi connectivity index (χ1) is 7.27. The maximum absolute atomic E-state index is 11.4. The molecule has 0 aromatic carbocycles. The maximum atomic E-state index is 11.4. The molecule has 0 saturated carbocycles. The molecule has 1 amide bonds. The van der Waals surface area contributed by atoms with E-state index in [1.165, 1.54) is 0 Å². The predicted octanol–water partition coefficient (Wildman–Crippen LogP) is -0.0559. The van der Waals surface area contributed by atoms with Gasteiger partial charge in [-0.25, -0.2) is 0 Å². The predicted molar refractivity (Wildman–Crippen MR) is 52.4 cm³/mol. The van der Waals surface area contributed by atoms with Crippen LogP contribution in [0.15, 0.2) is 12.4 Å². The first-order valence-electron chi connectivity index (χ1n) is 4.79. The van der Waals surface area contributed by atoms with E-state index in [1.807, 2.05) is 13.0 Å². The normalized spacial score (nSPS) is 11.7. The highest BCUT2D eigenvalue weighted by molar-refractivity contribution is 5.80. The quantitative estimate of drug-likeness (QED) is 0.733. The monoisotopic (exact) mass is 207 g/mol. The van der Waals surface area contributed by atoms with E-state index in [4.69, 9.17) is 5.26 Å². The molecule has 0 fully saturated rings. The van der Waals surface area contributed by atoms with Crippen molar-refractivity contribution in [3.05, 3.63) is 12.4 Å². The molecule has 1 atom stereocenters. The lowest BCUT2D eigenvalue weighted by molar-refractivity contribution is -0.123. The van der Waals surface area contributed by atoms with E-state index < -0.39 is 5.92 Å². The van der Waals surface area contributed by atoms with Gasteiger partial charge < -0.3 is 5.32 Å². The maximum Gasteiger partial charge on any atom is 0.237 e. The fraction of sp³-hybridized carbons (Fsp3) is 0.556. The molecule has 15 heavy (non-hydrogen) atoms. The van der Waals surface area contributed by atoms with Crippen LogP contribution in [0.4, 0.5) is 0 Å². The second kappa shape index (κ2) is 5.75. The van der Waals surface area contributed by atoms with Gasteiger partial charge >= 0.3 is 0 Å². The summed E-state index contributed by atoms with van der Waals surface area (Å²) in [5, 5.41) is 18.7. The molecule has 0 aliphatic heterocycles. The number of nitriles is 1. The second-order valence-corrected chi connectivity index (χ2v) is 3.05. The minimum Gasteiger partial charge on any atom is -0.353 e. The molecule has 1 aromatic rings. The van der Waals surface area contributed by atoms with Gasteiger partial charge in [0.15, 0.2) is 0 Å². The Balaban J connectivity index is 2.26. The number of hydrogen-bond acceptors (Lipinski definition) is 4. The largest absolute Gasteiger partial charge is 0.353 e. The van der Waals surface area contributed by atoms with Gasteiger partial charge in [-0.15, -0.1) is 5.10 Å². The van der Waals surface area contributed by atoms with Crippen LogP contribution < -0.4 is 5.32 Å². The summed E-state index contributed by atoms with van der Waals surface area (Å²) in [6.45, 7) is 2.83. The first kappa shape index (κ1) is 11.2. The van der Waals surface area contributed by atoms with Crippen molar-refractivity contribution in [2.24, 2.45) is 5.92 Å². The molecular weight excluding hydrogens is 194 g/mol. The van der Waals surface area contributed by atoms with Gasteiger partial charge in [-0.3, -0.25) is 9.48 Å². The average Bonchev–Trinajstić information content (AvgIpc) is 2.72. The molecule has 1 unspecified atom stereocenters. The standard InChI is InChI=1S/C9H13N5O/c1-2-8(7-10)9(15)11-3-5-14-6-4-12-13-14/h4,6,8H,2-3,5H2,1H3,(H,11,15). The smallest absolute Gasteiger partial charge is 0.237 e. The van der Waals surface area contributed by atoms with E-state index in [2.05, 4.69) is 15.6 Å². The third kappa shape index (κ3) is 3.38.